The molecule has 0 unspecified atom stereocenters. The van der Waals surface area contributed by atoms with Crippen molar-refractivity contribution in [2.45, 2.75) is 19.4 Å². The summed E-state index contributed by atoms with van der Waals surface area (Å²) in [7, 11) is 0. The largest absolute Gasteiger partial charge is 0.386 e. The van der Waals surface area contributed by atoms with Crippen LogP contribution in [0.3, 0.4) is 0 Å². The molecule has 0 aliphatic carbocycles. The smallest absolute Gasteiger partial charge is 0.161 e. The first kappa shape index (κ1) is 13.6. The number of halogens is 2. The van der Waals surface area contributed by atoms with E-state index in [0.717, 1.165) is 12.1 Å². The van der Waals surface area contributed by atoms with Gasteiger partial charge >= 0.3 is 0 Å². The van der Waals surface area contributed by atoms with E-state index in [9.17, 15) is 13.9 Å². The maximum Gasteiger partial charge on any atom is 0.161 e. The van der Waals surface area contributed by atoms with Gasteiger partial charge in [0.1, 0.15) is 0 Å². The minimum absolute atomic E-state index is 0.434. The van der Waals surface area contributed by atoms with Crippen LogP contribution in [0.5, 0.6) is 0 Å². The molecule has 2 aromatic heterocycles. The molecule has 3 aromatic rings. The van der Waals surface area contributed by atoms with Crippen molar-refractivity contribution in [3.8, 4) is 5.69 Å². The summed E-state index contributed by atoms with van der Waals surface area (Å²) >= 11 is 0. The van der Waals surface area contributed by atoms with Crippen LogP contribution in [0, 0.1) is 11.6 Å². The molecule has 1 aromatic carbocycles. The molecule has 0 radical (unpaired) electrons. The minimum Gasteiger partial charge on any atom is -0.386 e. The van der Waals surface area contributed by atoms with Crippen molar-refractivity contribution < 1.29 is 13.9 Å². The highest BCUT2D eigenvalue weighted by Gasteiger charge is 2.18. The van der Waals surface area contributed by atoms with Crippen LogP contribution in [0.25, 0.3) is 16.6 Å². The van der Waals surface area contributed by atoms with Crippen molar-refractivity contribution in [2.24, 2.45) is 0 Å². The van der Waals surface area contributed by atoms with Crippen molar-refractivity contribution in [3.05, 3.63) is 54.0 Å². The average Bonchev–Trinajstić information content (AvgIpc) is 2.81. The molecule has 0 fully saturated rings. The fourth-order valence-electron chi connectivity index (χ4n) is 2.10. The molecule has 0 bridgehead atoms. The van der Waals surface area contributed by atoms with Gasteiger partial charge in [0.2, 0.25) is 0 Å². The Morgan fingerprint density at radius 3 is 2.48 bits per heavy atom. The second kappa shape index (κ2) is 4.60. The first-order chi connectivity index (χ1) is 9.86. The Hall–Kier alpha value is -2.34. The first-order valence-corrected chi connectivity index (χ1v) is 6.37. The second-order valence-corrected chi connectivity index (χ2v) is 5.37. The Bertz CT molecular complexity index is 821. The number of fused-ring (bicyclic) bond motifs is 1. The molecule has 4 nitrogen and oxygen atoms in total. The van der Waals surface area contributed by atoms with E-state index >= 15 is 0 Å². The monoisotopic (exact) mass is 289 g/mol. The number of nitrogens with zero attached hydrogens (tertiary/aromatic N) is 3. The van der Waals surface area contributed by atoms with Gasteiger partial charge in [0, 0.05) is 23.2 Å². The normalized spacial score (nSPS) is 12.0. The Labute approximate surface area is 119 Å². The fourth-order valence-corrected chi connectivity index (χ4v) is 2.10. The number of aliphatic hydroxyl groups is 1. The van der Waals surface area contributed by atoms with Crippen molar-refractivity contribution in [3.63, 3.8) is 0 Å². The standard InChI is InChI=1S/C15H13F2N3O/c1-15(2,21)10-4-11(8-18-7-10)20-14-5-13(17)12(16)3-9(14)6-19-20/h3-8,21H,1-2H3. The van der Waals surface area contributed by atoms with E-state index in [-0.39, 0.29) is 0 Å². The number of aromatic nitrogens is 3. The number of benzene rings is 1. The van der Waals surface area contributed by atoms with Crippen LogP contribution >= 0.6 is 0 Å². The molecular formula is C15H13F2N3O. The van der Waals surface area contributed by atoms with E-state index in [1.807, 2.05) is 0 Å². The van der Waals surface area contributed by atoms with Crippen LogP contribution < -0.4 is 0 Å². The number of hydrogen-bond acceptors (Lipinski definition) is 3. The molecule has 1 N–H and O–H groups in total. The Kier molecular flexibility index (Phi) is 2.98. The highest BCUT2D eigenvalue weighted by molar-refractivity contribution is 5.80. The van der Waals surface area contributed by atoms with Crippen LogP contribution in [0.1, 0.15) is 19.4 Å². The molecular weight excluding hydrogens is 276 g/mol. The quantitative estimate of drug-likeness (QED) is 0.789. The van der Waals surface area contributed by atoms with E-state index in [0.29, 0.717) is 22.2 Å². The molecule has 0 atom stereocenters. The topological polar surface area (TPSA) is 50.9 Å². The summed E-state index contributed by atoms with van der Waals surface area (Å²) in [4.78, 5) is 4.07. The Balaban J connectivity index is 2.19. The van der Waals surface area contributed by atoms with E-state index in [1.54, 1.807) is 32.3 Å². The second-order valence-electron chi connectivity index (χ2n) is 5.37. The molecule has 6 heteroatoms. The minimum atomic E-state index is -1.05. The lowest BCUT2D eigenvalue weighted by Crippen LogP contribution is -2.16. The zero-order valence-electron chi connectivity index (χ0n) is 11.5. The van der Waals surface area contributed by atoms with E-state index in [2.05, 4.69) is 10.1 Å². The van der Waals surface area contributed by atoms with Crippen molar-refractivity contribution in [2.75, 3.05) is 0 Å². The summed E-state index contributed by atoms with van der Waals surface area (Å²) in [6.45, 7) is 3.29. The van der Waals surface area contributed by atoms with Crippen LogP contribution in [-0.4, -0.2) is 19.9 Å². The lowest BCUT2D eigenvalue weighted by atomic mass is 10.0. The van der Waals surface area contributed by atoms with Crippen molar-refractivity contribution in [1.29, 1.82) is 0 Å². The van der Waals surface area contributed by atoms with E-state index < -0.39 is 17.2 Å². The fraction of sp³-hybridized carbons (Fsp3) is 0.200. The molecule has 0 saturated carbocycles. The number of hydrogen-bond donors (Lipinski definition) is 1. The third-order valence-electron chi connectivity index (χ3n) is 3.28. The molecule has 0 saturated heterocycles. The molecule has 0 aliphatic rings. The van der Waals surface area contributed by atoms with Crippen LogP contribution in [0.2, 0.25) is 0 Å². The van der Waals surface area contributed by atoms with Gasteiger partial charge in [-0.3, -0.25) is 4.98 Å². The third kappa shape index (κ3) is 2.38. The SMILES string of the molecule is CC(C)(O)c1cncc(-n2ncc3cc(F)c(F)cc32)c1. The van der Waals surface area contributed by atoms with E-state index in [4.69, 9.17) is 0 Å². The predicted molar refractivity (Wildman–Crippen MR) is 74.0 cm³/mol. The lowest BCUT2D eigenvalue weighted by Gasteiger charge is -2.18. The van der Waals surface area contributed by atoms with Gasteiger partial charge in [-0.25, -0.2) is 13.5 Å². The van der Waals surface area contributed by atoms with Gasteiger partial charge in [-0.15, -0.1) is 0 Å². The Morgan fingerprint density at radius 1 is 1.05 bits per heavy atom. The average molecular weight is 289 g/mol. The molecule has 21 heavy (non-hydrogen) atoms. The van der Waals surface area contributed by atoms with Crippen molar-refractivity contribution >= 4 is 10.9 Å². The summed E-state index contributed by atoms with van der Waals surface area (Å²) in [5.41, 5.74) is 0.550. The van der Waals surface area contributed by atoms with Gasteiger partial charge in [-0.05, 0) is 26.0 Å². The van der Waals surface area contributed by atoms with Crippen LogP contribution in [-0.2, 0) is 5.60 Å². The van der Waals surface area contributed by atoms with Crippen molar-refractivity contribution in [1.82, 2.24) is 14.8 Å². The maximum atomic E-state index is 13.4. The highest BCUT2D eigenvalue weighted by atomic mass is 19.2. The molecule has 2 heterocycles. The zero-order chi connectivity index (χ0) is 15.2. The van der Waals surface area contributed by atoms with Gasteiger partial charge in [0.25, 0.3) is 0 Å². The van der Waals surface area contributed by atoms with Gasteiger partial charge in [-0.2, -0.15) is 5.10 Å². The molecule has 0 amide bonds. The van der Waals surface area contributed by atoms with Gasteiger partial charge in [0.15, 0.2) is 11.6 Å². The highest BCUT2D eigenvalue weighted by Crippen LogP contribution is 2.24. The van der Waals surface area contributed by atoms with Crippen LogP contribution in [0.4, 0.5) is 8.78 Å². The lowest BCUT2D eigenvalue weighted by molar-refractivity contribution is 0.0782. The first-order valence-electron chi connectivity index (χ1n) is 6.37. The molecule has 3 rings (SSSR count). The molecule has 0 spiro atoms. The summed E-state index contributed by atoms with van der Waals surface area (Å²) in [5.74, 6) is -1.85. The van der Waals surface area contributed by atoms with Gasteiger partial charge in [-0.1, -0.05) is 0 Å². The van der Waals surface area contributed by atoms with Gasteiger partial charge < -0.3 is 5.11 Å². The van der Waals surface area contributed by atoms with Crippen LogP contribution in [0.15, 0.2) is 36.8 Å². The Morgan fingerprint density at radius 2 is 1.76 bits per heavy atom. The number of rotatable bonds is 2. The predicted octanol–water partition coefficient (Wildman–Crippen LogP) is 2.93. The summed E-state index contributed by atoms with van der Waals surface area (Å²) in [6, 6.07) is 3.90. The molecule has 108 valence electrons. The van der Waals surface area contributed by atoms with Gasteiger partial charge in [0.05, 0.1) is 29.2 Å². The van der Waals surface area contributed by atoms with E-state index in [1.165, 1.54) is 10.9 Å². The zero-order valence-corrected chi connectivity index (χ0v) is 11.5. The number of pyridine rings is 1. The summed E-state index contributed by atoms with van der Waals surface area (Å²) in [6.07, 6.45) is 4.55. The molecule has 0 aliphatic heterocycles. The maximum absolute atomic E-state index is 13.4. The summed E-state index contributed by atoms with van der Waals surface area (Å²) < 4.78 is 28.1. The summed E-state index contributed by atoms with van der Waals surface area (Å²) in [5, 5.41) is 14.6. The third-order valence-corrected chi connectivity index (χ3v) is 3.28.